The van der Waals surface area contributed by atoms with Crippen LogP contribution in [-0.2, 0) is 0 Å². The maximum atomic E-state index is 4.82. The van der Waals surface area contributed by atoms with Crippen molar-refractivity contribution in [1.82, 2.24) is 14.7 Å². The van der Waals surface area contributed by atoms with Crippen LogP contribution in [0.1, 0.15) is 5.82 Å². The molecular formula is C20H17BN4. The normalized spacial score (nSPS) is 14.1. The highest BCUT2D eigenvalue weighted by molar-refractivity contribution is 6.95. The molecule has 0 saturated carbocycles. The number of rotatable bonds is 2. The van der Waals surface area contributed by atoms with Gasteiger partial charge in [0.1, 0.15) is 12.0 Å². The number of benzene rings is 2. The number of aromatic nitrogens is 4. The van der Waals surface area contributed by atoms with E-state index in [-0.39, 0.29) is 0 Å². The second-order valence-corrected chi connectivity index (χ2v) is 6.52. The van der Waals surface area contributed by atoms with Crippen LogP contribution in [0.15, 0.2) is 85.1 Å². The zero-order valence-corrected chi connectivity index (χ0v) is 13.9. The summed E-state index contributed by atoms with van der Waals surface area (Å²) >= 11 is 0. The Kier molecular flexibility index (Phi) is 2.92. The summed E-state index contributed by atoms with van der Waals surface area (Å²) in [6.07, 6.45) is 0.679. The van der Waals surface area contributed by atoms with Crippen molar-refractivity contribution in [2.45, 2.75) is 6.92 Å². The largest absolute Gasteiger partial charge is 0.451 e. The van der Waals surface area contributed by atoms with Crippen LogP contribution in [0.3, 0.4) is 0 Å². The molecular weight excluding hydrogens is 307 g/mol. The molecule has 3 heterocycles. The Morgan fingerprint density at radius 1 is 0.800 bits per heavy atom. The predicted octanol–water partition coefficient (Wildman–Crippen LogP) is 1.51. The molecule has 0 aliphatic carbocycles. The van der Waals surface area contributed by atoms with E-state index in [0.717, 1.165) is 17.3 Å². The summed E-state index contributed by atoms with van der Waals surface area (Å²) in [6, 6.07) is 27.5. The lowest BCUT2D eigenvalue weighted by Gasteiger charge is -2.32. The molecule has 25 heavy (non-hydrogen) atoms. The number of nitrogens with zero attached hydrogens (tertiary/aromatic N) is 4. The van der Waals surface area contributed by atoms with Gasteiger partial charge in [-0.3, -0.25) is 0 Å². The summed E-state index contributed by atoms with van der Waals surface area (Å²) in [5.74, 6) is 1.72. The van der Waals surface area contributed by atoms with Crippen molar-refractivity contribution in [3.8, 4) is 11.5 Å². The summed E-state index contributed by atoms with van der Waals surface area (Å²) in [7, 11) is 0. The first-order valence-electron chi connectivity index (χ1n) is 8.53. The van der Waals surface area contributed by atoms with E-state index in [1.165, 1.54) is 10.9 Å². The Labute approximate surface area is 146 Å². The molecule has 0 radical (unpaired) electrons. The molecule has 0 fully saturated rings. The van der Waals surface area contributed by atoms with E-state index < -0.39 is 6.42 Å². The van der Waals surface area contributed by atoms with Gasteiger partial charge in [0.25, 0.3) is 0 Å². The number of pyridine rings is 1. The van der Waals surface area contributed by atoms with Gasteiger partial charge in [0.05, 0.1) is 0 Å². The Morgan fingerprint density at radius 3 is 2.04 bits per heavy atom. The molecule has 4 nitrogen and oxygen atoms in total. The smallest absolute Gasteiger partial charge is 0.389 e. The average molecular weight is 324 g/mol. The zero-order chi connectivity index (χ0) is 16.9. The molecule has 120 valence electrons. The molecule has 0 unspecified atom stereocenters. The third-order valence-electron chi connectivity index (χ3n) is 5.14. The van der Waals surface area contributed by atoms with Crippen LogP contribution in [0.25, 0.3) is 11.5 Å². The SMILES string of the molecule is Cc1nc2n(n1)[B-](c1ccccc1)(c1ccccc1)[n+]1ccccc1-2. The van der Waals surface area contributed by atoms with Crippen molar-refractivity contribution < 1.29 is 4.48 Å². The van der Waals surface area contributed by atoms with E-state index in [2.05, 4.69) is 94.1 Å². The van der Waals surface area contributed by atoms with E-state index in [1.54, 1.807) is 0 Å². The summed E-state index contributed by atoms with van der Waals surface area (Å²) in [4.78, 5) is 4.73. The minimum atomic E-state index is -1.46. The van der Waals surface area contributed by atoms with Gasteiger partial charge in [-0.1, -0.05) is 60.7 Å². The molecule has 4 aromatic rings. The highest BCUT2D eigenvalue weighted by atomic mass is 15.4. The van der Waals surface area contributed by atoms with E-state index in [0.29, 0.717) is 0 Å². The Hall–Kier alpha value is -3.21. The van der Waals surface area contributed by atoms with Gasteiger partial charge in [0, 0.05) is 6.07 Å². The van der Waals surface area contributed by atoms with Crippen LogP contribution in [0.5, 0.6) is 0 Å². The molecule has 0 saturated heterocycles. The molecule has 2 aromatic heterocycles. The van der Waals surface area contributed by atoms with Crippen LogP contribution in [0, 0.1) is 6.92 Å². The van der Waals surface area contributed by atoms with Crippen molar-refractivity contribution >= 4 is 17.3 Å². The third kappa shape index (κ3) is 1.80. The molecule has 0 N–H and O–H groups in total. The fraction of sp³-hybridized carbons (Fsp3) is 0.0500. The second-order valence-electron chi connectivity index (χ2n) is 6.52. The van der Waals surface area contributed by atoms with E-state index in [4.69, 9.17) is 10.1 Å². The lowest BCUT2D eigenvalue weighted by Crippen LogP contribution is -2.81. The molecule has 5 rings (SSSR count). The first-order valence-corrected chi connectivity index (χ1v) is 8.53. The minimum absolute atomic E-state index is 0.795. The second kappa shape index (κ2) is 5.15. The maximum absolute atomic E-state index is 4.82. The average Bonchev–Trinajstić information content (AvgIpc) is 3.17. The molecule has 0 spiro atoms. The molecule has 1 aliphatic rings. The number of hydrogen-bond acceptors (Lipinski definition) is 2. The summed E-state index contributed by atoms with van der Waals surface area (Å²) < 4.78 is 4.45. The van der Waals surface area contributed by atoms with Crippen molar-refractivity contribution in [3.05, 3.63) is 90.9 Å². The first kappa shape index (κ1) is 14.2. The summed E-state index contributed by atoms with van der Waals surface area (Å²) in [5, 5.41) is 4.82. The fourth-order valence-electron chi connectivity index (χ4n) is 4.19. The third-order valence-corrected chi connectivity index (χ3v) is 5.14. The molecule has 5 heteroatoms. The van der Waals surface area contributed by atoms with Crippen LogP contribution in [0.4, 0.5) is 0 Å². The van der Waals surface area contributed by atoms with Gasteiger partial charge in [0.2, 0.25) is 0 Å². The molecule has 0 bridgehead atoms. The van der Waals surface area contributed by atoms with Crippen molar-refractivity contribution in [3.63, 3.8) is 0 Å². The van der Waals surface area contributed by atoms with Crippen LogP contribution < -0.4 is 15.4 Å². The number of hydrogen-bond donors (Lipinski definition) is 0. The van der Waals surface area contributed by atoms with Gasteiger partial charge in [-0.25, -0.2) is 4.98 Å². The fourth-order valence-corrected chi connectivity index (χ4v) is 4.19. The molecule has 0 atom stereocenters. The highest BCUT2D eigenvalue weighted by Gasteiger charge is 2.52. The van der Waals surface area contributed by atoms with E-state index in [1.807, 2.05) is 6.92 Å². The number of fused-ring (bicyclic) bond motifs is 3. The molecule has 0 amide bonds. The van der Waals surface area contributed by atoms with Crippen molar-refractivity contribution in [2.24, 2.45) is 0 Å². The monoisotopic (exact) mass is 324 g/mol. The van der Waals surface area contributed by atoms with Crippen molar-refractivity contribution in [1.29, 1.82) is 0 Å². The van der Waals surface area contributed by atoms with Crippen LogP contribution in [0.2, 0.25) is 0 Å². The summed E-state index contributed by atoms with van der Waals surface area (Å²) in [6.45, 7) is 1.95. The molecule has 2 aromatic carbocycles. The van der Waals surface area contributed by atoms with Gasteiger partial charge in [-0.15, -0.1) is 10.9 Å². The minimum Gasteiger partial charge on any atom is -0.389 e. The van der Waals surface area contributed by atoms with Gasteiger partial charge in [-0.2, -0.15) is 5.10 Å². The quantitative estimate of drug-likeness (QED) is 0.461. The van der Waals surface area contributed by atoms with E-state index in [9.17, 15) is 0 Å². The van der Waals surface area contributed by atoms with Crippen LogP contribution >= 0.6 is 0 Å². The summed E-state index contributed by atoms with van der Waals surface area (Å²) in [5.41, 5.74) is 3.53. The van der Waals surface area contributed by atoms with E-state index >= 15 is 0 Å². The Balaban J connectivity index is 1.98. The predicted molar refractivity (Wildman–Crippen MR) is 99.1 cm³/mol. The van der Waals surface area contributed by atoms with Crippen molar-refractivity contribution in [2.75, 3.05) is 0 Å². The van der Waals surface area contributed by atoms with Gasteiger partial charge in [0.15, 0.2) is 11.5 Å². The first-order chi connectivity index (χ1) is 12.3. The number of aryl methyl sites for hydroxylation is 1. The Morgan fingerprint density at radius 2 is 1.40 bits per heavy atom. The topological polar surface area (TPSA) is 34.6 Å². The lowest BCUT2D eigenvalue weighted by molar-refractivity contribution is -0.527. The zero-order valence-electron chi connectivity index (χ0n) is 13.9. The van der Waals surface area contributed by atoms with Crippen LogP contribution in [-0.4, -0.2) is 21.1 Å². The van der Waals surface area contributed by atoms with Gasteiger partial charge in [-0.05, 0) is 19.1 Å². The maximum Gasteiger partial charge on any atom is 0.451 e. The molecule has 1 aliphatic heterocycles. The highest BCUT2D eigenvalue weighted by Crippen LogP contribution is 2.24. The Bertz CT molecular complexity index is 1020. The van der Waals surface area contributed by atoms with Gasteiger partial charge < -0.3 is 9.07 Å². The standard InChI is InChI=1S/C20H17BN4/c1-16-22-20-19-14-8-9-15-24(19)21(25(20)23-16,17-10-4-2-5-11-17)18-12-6-3-7-13-18/h2-15H,1H3. The van der Waals surface area contributed by atoms with Gasteiger partial charge >= 0.3 is 6.42 Å². The lowest BCUT2D eigenvalue weighted by atomic mass is 9.37.